The molecule has 22 heavy (non-hydrogen) atoms. The first-order chi connectivity index (χ1) is 10.5. The lowest BCUT2D eigenvalue weighted by atomic mass is 10.0. The zero-order chi connectivity index (χ0) is 16.1. The summed E-state index contributed by atoms with van der Waals surface area (Å²) in [5, 5.41) is 3.92. The minimum Gasteiger partial charge on any atom is -0.374 e. The summed E-state index contributed by atoms with van der Waals surface area (Å²) in [6, 6.07) is 7.11. The molecule has 1 aliphatic rings. The summed E-state index contributed by atoms with van der Waals surface area (Å²) in [4.78, 5) is 16.5. The molecule has 0 bridgehead atoms. The molecule has 1 aromatic rings. The second-order valence-corrected chi connectivity index (χ2v) is 6.27. The summed E-state index contributed by atoms with van der Waals surface area (Å²) < 4.78 is 5.67. The fraction of sp³-hybridized carbons (Fsp3) is 0.562. The number of rotatable bonds is 5. The van der Waals surface area contributed by atoms with E-state index in [1.54, 1.807) is 4.90 Å². The Bertz CT molecular complexity index is 504. The molecular weight excluding hydrogens is 302 g/mol. The molecule has 1 saturated heterocycles. The summed E-state index contributed by atoms with van der Waals surface area (Å²) in [6.07, 6.45) is 0.0462. The third kappa shape index (κ3) is 4.43. The van der Waals surface area contributed by atoms with Crippen LogP contribution in [0.4, 0.5) is 0 Å². The van der Waals surface area contributed by atoms with Crippen LogP contribution < -0.4 is 5.32 Å². The third-order valence-electron chi connectivity index (χ3n) is 3.77. The Labute approximate surface area is 137 Å². The lowest BCUT2D eigenvalue weighted by Crippen LogP contribution is -2.47. The molecule has 1 amide bonds. The fourth-order valence-electron chi connectivity index (χ4n) is 2.68. The minimum absolute atomic E-state index is 0.0430. The molecule has 122 valence electrons. The van der Waals surface area contributed by atoms with E-state index < -0.39 is 0 Å². The van der Waals surface area contributed by atoms with E-state index in [4.69, 9.17) is 16.3 Å². The van der Waals surface area contributed by atoms with Gasteiger partial charge in [-0.3, -0.25) is 9.69 Å². The molecule has 2 unspecified atom stereocenters. The molecule has 0 saturated carbocycles. The summed E-state index contributed by atoms with van der Waals surface area (Å²) in [7, 11) is 5.62. The van der Waals surface area contributed by atoms with Gasteiger partial charge in [-0.05, 0) is 31.8 Å². The third-order valence-corrected chi connectivity index (χ3v) is 4.01. The molecule has 1 fully saturated rings. The number of hydrogen-bond donors (Lipinski definition) is 1. The number of morpholine rings is 1. The summed E-state index contributed by atoms with van der Waals surface area (Å²) in [6.45, 7) is 2.92. The van der Waals surface area contributed by atoms with E-state index in [0.29, 0.717) is 18.2 Å². The van der Waals surface area contributed by atoms with Gasteiger partial charge in [0.05, 0.1) is 12.7 Å². The molecule has 0 radical (unpaired) electrons. The maximum Gasteiger partial charge on any atom is 0.244 e. The van der Waals surface area contributed by atoms with Crippen molar-refractivity contribution in [1.82, 2.24) is 15.1 Å². The van der Waals surface area contributed by atoms with Crippen molar-refractivity contribution in [2.75, 3.05) is 47.4 Å². The van der Waals surface area contributed by atoms with Crippen LogP contribution in [0.1, 0.15) is 11.6 Å². The van der Waals surface area contributed by atoms with E-state index in [-0.39, 0.29) is 18.1 Å². The highest BCUT2D eigenvalue weighted by Gasteiger charge is 2.28. The number of carbonyl (C=O) groups excluding carboxylic acids is 1. The number of halogens is 1. The van der Waals surface area contributed by atoms with Crippen LogP contribution in [0.2, 0.25) is 5.02 Å². The van der Waals surface area contributed by atoms with Gasteiger partial charge in [0.15, 0.2) is 0 Å². The van der Waals surface area contributed by atoms with Crippen LogP contribution in [0.25, 0.3) is 0 Å². The van der Waals surface area contributed by atoms with Crippen LogP contribution in [0.15, 0.2) is 24.3 Å². The Morgan fingerprint density at radius 1 is 1.45 bits per heavy atom. The van der Waals surface area contributed by atoms with E-state index in [2.05, 4.69) is 5.32 Å². The lowest BCUT2D eigenvalue weighted by Gasteiger charge is -2.32. The quantitative estimate of drug-likeness (QED) is 0.888. The van der Waals surface area contributed by atoms with Gasteiger partial charge in [0, 0.05) is 31.7 Å². The Morgan fingerprint density at radius 3 is 2.82 bits per heavy atom. The molecule has 1 N–H and O–H groups in total. The SMILES string of the molecule is CN(CC1CNCCO1)C(=O)C(c1cccc(Cl)c1)N(C)C. The summed E-state index contributed by atoms with van der Waals surface area (Å²) >= 11 is 6.06. The normalized spacial score (nSPS) is 20.0. The van der Waals surface area contributed by atoms with Crippen molar-refractivity contribution in [1.29, 1.82) is 0 Å². The molecule has 1 aromatic carbocycles. The van der Waals surface area contributed by atoms with E-state index in [9.17, 15) is 4.79 Å². The van der Waals surface area contributed by atoms with Gasteiger partial charge < -0.3 is 15.0 Å². The molecular formula is C16H24ClN3O2. The zero-order valence-electron chi connectivity index (χ0n) is 13.4. The number of likely N-dealkylation sites (N-methyl/N-ethyl adjacent to an activating group) is 2. The van der Waals surface area contributed by atoms with Gasteiger partial charge in [-0.1, -0.05) is 23.7 Å². The van der Waals surface area contributed by atoms with Gasteiger partial charge in [-0.2, -0.15) is 0 Å². The van der Waals surface area contributed by atoms with Gasteiger partial charge in [-0.15, -0.1) is 0 Å². The first-order valence-corrected chi connectivity index (χ1v) is 7.86. The maximum absolute atomic E-state index is 12.8. The second-order valence-electron chi connectivity index (χ2n) is 5.84. The molecule has 1 heterocycles. The van der Waals surface area contributed by atoms with Crippen molar-refractivity contribution in [3.8, 4) is 0 Å². The van der Waals surface area contributed by atoms with Crippen LogP contribution >= 0.6 is 11.6 Å². The highest BCUT2D eigenvalue weighted by atomic mass is 35.5. The smallest absolute Gasteiger partial charge is 0.244 e. The molecule has 2 rings (SSSR count). The molecule has 1 aliphatic heterocycles. The summed E-state index contributed by atoms with van der Waals surface area (Å²) in [5.41, 5.74) is 0.900. The monoisotopic (exact) mass is 325 g/mol. The average molecular weight is 326 g/mol. The first-order valence-electron chi connectivity index (χ1n) is 7.48. The van der Waals surface area contributed by atoms with Crippen molar-refractivity contribution in [2.24, 2.45) is 0 Å². The van der Waals surface area contributed by atoms with E-state index >= 15 is 0 Å². The number of nitrogens with zero attached hydrogens (tertiary/aromatic N) is 2. The van der Waals surface area contributed by atoms with Crippen molar-refractivity contribution in [2.45, 2.75) is 12.1 Å². The van der Waals surface area contributed by atoms with Crippen LogP contribution in [0.5, 0.6) is 0 Å². The predicted octanol–water partition coefficient (Wildman–Crippen LogP) is 1.39. The van der Waals surface area contributed by atoms with Crippen LogP contribution in [0.3, 0.4) is 0 Å². The topological polar surface area (TPSA) is 44.8 Å². The van der Waals surface area contributed by atoms with Gasteiger partial charge in [0.2, 0.25) is 5.91 Å². The van der Waals surface area contributed by atoms with Crippen molar-refractivity contribution >= 4 is 17.5 Å². The summed E-state index contributed by atoms with van der Waals surface area (Å²) in [5.74, 6) is 0.0430. The molecule has 0 aromatic heterocycles. The number of nitrogens with one attached hydrogen (secondary N) is 1. The highest BCUT2D eigenvalue weighted by molar-refractivity contribution is 6.30. The van der Waals surface area contributed by atoms with Gasteiger partial charge in [0.25, 0.3) is 0 Å². The molecule has 6 heteroatoms. The van der Waals surface area contributed by atoms with Crippen LogP contribution in [-0.4, -0.2) is 69.2 Å². The molecule has 2 atom stereocenters. The predicted molar refractivity (Wildman–Crippen MR) is 88.1 cm³/mol. The number of carbonyl (C=O) groups is 1. The average Bonchev–Trinajstić information content (AvgIpc) is 2.48. The largest absolute Gasteiger partial charge is 0.374 e. The Kier molecular flexibility index (Phi) is 6.20. The molecule has 5 nitrogen and oxygen atoms in total. The van der Waals surface area contributed by atoms with E-state index in [1.165, 1.54) is 0 Å². The van der Waals surface area contributed by atoms with Gasteiger partial charge in [0.1, 0.15) is 6.04 Å². The van der Waals surface area contributed by atoms with Crippen LogP contribution in [-0.2, 0) is 9.53 Å². The maximum atomic E-state index is 12.8. The zero-order valence-corrected chi connectivity index (χ0v) is 14.1. The standard InChI is InChI=1S/C16H24ClN3O2/c1-19(2)15(12-5-4-6-13(17)9-12)16(21)20(3)11-14-10-18-7-8-22-14/h4-6,9,14-15,18H,7-8,10-11H2,1-3H3. The Balaban J connectivity index is 2.08. The van der Waals surface area contributed by atoms with Crippen molar-refractivity contribution in [3.05, 3.63) is 34.9 Å². The Morgan fingerprint density at radius 2 is 2.23 bits per heavy atom. The van der Waals surface area contributed by atoms with Crippen molar-refractivity contribution in [3.63, 3.8) is 0 Å². The number of amides is 1. The van der Waals surface area contributed by atoms with Crippen molar-refractivity contribution < 1.29 is 9.53 Å². The number of benzene rings is 1. The van der Waals surface area contributed by atoms with Gasteiger partial charge in [-0.25, -0.2) is 0 Å². The fourth-order valence-corrected chi connectivity index (χ4v) is 2.88. The molecule has 0 aliphatic carbocycles. The number of ether oxygens (including phenoxy) is 1. The second kappa shape index (κ2) is 7.92. The first kappa shape index (κ1) is 17.2. The van der Waals surface area contributed by atoms with Crippen LogP contribution in [0, 0.1) is 0 Å². The van der Waals surface area contributed by atoms with E-state index in [0.717, 1.165) is 18.7 Å². The van der Waals surface area contributed by atoms with Gasteiger partial charge >= 0.3 is 0 Å². The minimum atomic E-state index is -0.347. The Hall–Kier alpha value is -1.14. The number of hydrogen-bond acceptors (Lipinski definition) is 4. The van der Waals surface area contributed by atoms with E-state index in [1.807, 2.05) is 50.3 Å². The lowest BCUT2D eigenvalue weighted by molar-refractivity contribution is -0.137. The molecule has 0 spiro atoms. The highest BCUT2D eigenvalue weighted by Crippen LogP contribution is 2.23.